The Balaban J connectivity index is 1.56. The maximum atomic E-state index is 12.3. The molecule has 8 nitrogen and oxygen atoms in total. The molecule has 1 amide bonds. The van der Waals surface area contributed by atoms with E-state index in [0.717, 1.165) is 5.56 Å². The van der Waals surface area contributed by atoms with Crippen molar-refractivity contribution in [2.24, 2.45) is 0 Å². The number of hydrogen-bond donors (Lipinski definition) is 1. The van der Waals surface area contributed by atoms with Gasteiger partial charge in [0.05, 0.1) is 20.3 Å². The van der Waals surface area contributed by atoms with Crippen molar-refractivity contribution in [1.29, 1.82) is 0 Å². The zero-order valence-corrected chi connectivity index (χ0v) is 15.8. The number of amides is 1. The van der Waals surface area contributed by atoms with Crippen LogP contribution < -0.4 is 24.3 Å². The van der Waals surface area contributed by atoms with Crippen LogP contribution in [0.3, 0.4) is 0 Å². The van der Waals surface area contributed by atoms with E-state index in [1.165, 1.54) is 20.3 Å². The van der Waals surface area contributed by atoms with Crippen LogP contribution in [0.15, 0.2) is 36.4 Å². The normalized spacial score (nSPS) is 12.8. The lowest BCUT2D eigenvalue weighted by Gasteiger charge is -2.15. The second-order valence-electron chi connectivity index (χ2n) is 6.04. The van der Waals surface area contributed by atoms with Crippen LogP contribution in [0.1, 0.15) is 28.9 Å². The molecule has 28 heavy (non-hydrogen) atoms. The molecule has 2 aromatic rings. The Hall–Kier alpha value is -3.42. The lowest BCUT2D eigenvalue weighted by atomic mass is 10.1. The van der Waals surface area contributed by atoms with Crippen LogP contribution in [-0.2, 0) is 9.53 Å². The van der Waals surface area contributed by atoms with Gasteiger partial charge in [0.15, 0.2) is 18.1 Å². The fourth-order valence-corrected chi connectivity index (χ4v) is 2.72. The molecule has 1 heterocycles. The number of ether oxygens (including phenoxy) is 5. The highest BCUT2D eigenvalue weighted by atomic mass is 16.7. The van der Waals surface area contributed by atoms with Crippen LogP contribution in [0, 0.1) is 0 Å². The van der Waals surface area contributed by atoms with Gasteiger partial charge in [-0.1, -0.05) is 6.07 Å². The van der Waals surface area contributed by atoms with Crippen LogP contribution in [0.5, 0.6) is 23.0 Å². The number of benzene rings is 2. The van der Waals surface area contributed by atoms with E-state index in [4.69, 9.17) is 23.7 Å². The van der Waals surface area contributed by atoms with E-state index < -0.39 is 18.5 Å². The molecular weight excluding hydrogens is 366 g/mol. The summed E-state index contributed by atoms with van der Waals surface area (Å²) in [6.07, 6.45) is 0. The van der Waals surface area contributed by atoms with Gasteiger partial charge >= 0.3 is 5.97 Å². The van der Waals surface area contributed by atoms with Gasteiger partial charge in [-0.05, 0) is 36.8 Å². The van der Waals surface area contributed by atoms with Gasteiger partial charge in [-0.3, -0.25) is 4.79 Å². The van der Waals surface area contributed by atoms with Crippen molar-refractivity contribution in [2.45, 2.75) is 13.0 Å². The average molecular weight is 387 g/mol. The van der Waals surface area contributed by atoms with Gasteiger partial charge in [-0.15, -0.1) is 0 Å². The van der Waals surface area contributed by atoms with Crippen molar-refractivity contribution in [3.8, 4) is 23.0 Å². The summed E-state index contributed by atoms with van der Waals surface area (Å²) in [5.41, 5.74) is 1.06. The van der Waals surface area contributed by atoms with E-state index in [0.29, 0.717) is 23.0 Å². The van der Waals surface area contributed by atoms with E-state index in [1.54, 1.807) is 18.2 Å². The highest BCUT2D eigenvalue weighted by molar-refractivity contribution is 5.94. The van der Waals surface area contributed by atoms with Crippen molar-refractivity contribution in [3.63, 3.8) is 0 Å². The molecule has 1 unspecified atom stereocenters. The Morgan fingerprint density at radius 2 is 1.86 bits per heavy atom. The molecule has 8 heteroatoms. The predicted octanol–water partition coefficient (Wildman–Crippen LogP) is 2.47. The van der Waals surface area contributed by atoms with E-state index in [-0.39, 0.29) is 18.4 Å². The minimum Gasteiger partial charge on any atom is -0.497 e. The molecule has 148 valence electrons. The largest absolute Gasteiger partial charge is 0.497 e. The van der Waals surface area contributed by atoms with E-state index in [2.05, 4.69) is 5.32 Å². The lowest BCUT2D eigenvalue weighted by molar-refractivity contribution is -0.124. The minimum absolute atomic E-state index is 0.185. The second-order valence-corrected chi connectivity index (χ2v) is 6.04. The van der Waals surface area contributed by atoms with Gasteiger partial charge in [-0.2, -0.15) is 0 Å². The first-order chi connectivity index (χ1) is 13.5. The summed E-state index contributed by atoms with van der Waals surface area (Å²) in [5, 5.41) is 2.78. The fraction of sp³-hybridized carbons (Fsp3) is 0.300. The molecule has 0 fully saturated rings. The third kappa shape index (κ3) is 4.28. The van der Waals surface area contributed by atoms with E-state index in [9.17, 15) is 9.59 Å². The topological polar surface area (TPSA) is 92.3 Å². The van der Waals surface area contributed by atoms with E-state index >= 15 is 0 Å². The number of hydrogen-bond acceptors (Lipinski definition) is 7. The summed E-state index contributed by atoms with van der Waals surface area (Å²) < 4.78 is 26.0. The molecule has 0 bridgehead atoms. The molecule has 0 radical (unpaired) electrons. The van der Waals surface area contributed by atoms with Crippen LogP contribution in [0.2, 0.25) is 0 Å². The Kier molecular flexibility index (Phi) is 5.88. The summed E-state index contributed by atoms with van der Waals surface area (Å²) in [7, 11) is 2.95. The molecule has 0 saturated heterocycles. The van der Waals surface area contributed by atoms with Gasteiger partial charge < -0.3 is 29.0 Å². The minimum atomic E-state index is -0.662. The Bertz CT molecular complexity index is 881. The molecule has 2 aromatic carbocycles. The van der Waals surface area contributed by atoms with Crippen molar-refractivity contribution < 1.29 is 33.3 Å². The van der Waals surface area contributed by atoms with E-state index in [1.807, 2.05) is 19.1 Å². The molecule has 0 saturated carbocycles. The summed E-state index contributed by atoms with van der Waals surface area (Å²) in [6.45, 7) is 1.59. The molecule has 1 atom stereocenters. The number of rotatable bonds is 7. The van der Waals surface area contributed by atoms with Crippen molar-refractivity contribution in [1.82, 2.24) is 5.32 Å². The van der Waals surface area contributed by atoms with Crippen molar-refractivity contribution in [2.75, 3.05) is 27.6 Å². The second kappa shape index (κ2) is 8.51. The quantitative estimate of drug-likeness (QED) is 0.730. The summed E-state index contributed by atoms with van der Waals surface area (Å²) in [6, 6.07) is 9.84. The molecule has 0 aromatic heterocycles. The molecule has 1 aliphatic heterocycles. The average Bonchev–Trinajstić information content (AvgIpc) is 3.19. The number of nitrogens with one attached hydrogen (secondary N) is 1. The Labute approximate surface area is 162 Å². The molecule has 0 spiro atoms. The van der Waals surface area contributed by atoms with Gasteiger partial charge in [0, 0.05) is 6.07 Å². The van der Waals surface area contributed by atoms with Gasteiger partial charge in [0.2, 0.25) is 6.79 Å². The zero-order chi connectivity index (χ0) is 20.1. The van der Waals surface area contributed by atoms with Crippen LogP contribution >= 0.6 is 0 Å². The van der Waals surface area contributed by atoms with Crippen LogP contribution in [0.25, 0.3) is 0 Å². The van der Waals surface area contributed by atoms with Crippen LogP contribution in [-0.4, -0.2) is 39.5 Å². The first kappa shape index (κ1) is 19.3. The number of carbonyl (C=O) groups is 2. The number of carbonyl (C=O) groups excluding carboxylic acids is 2. The summed E-state index contributed by atoms with van der Waals surface area (Å²) in [4.78, 5) is 24.4. The number of fused-ring (bicyclic) bond motifs is 1. The van der Waals surface area contributed by atoms with Crippen molar-refractivity contribution in [3.05, 3.63) is 47.5 Å². The first-order valence-electron chi connectivity index (χ1n) is 8.60. The number of esters is 1. The maximum Gasteiger partial charge on any atom is 0.342 e. The third-order valence-electron chi connectivity index (χ3n) is 4.24. The predicted molar refractivity (Wildman–Crippen MR) is 99.0 cm³/mol. The Morgan fingerprint density at radius 1 is 1.07 bits per heavy atom. The maximum absolute atomic E-state index is 12.3. The molecule has 0 aliphatic carbocycles. The first-order valence-corrected chi connectivity index (χ1v) is 8.60. The zero-order valence-electron chi connectivity index (χ0n) is 15.8. The highest BCUT2D eigenvalue weighted by Crippen LogP contribution is 2.34. The fourth-order valence-electron chi connectivity index (χ4n) is 2.72. The van der Waals surface area contributed by atoms with Crippen LogP contribution in [0.4, 0.5) is 0 Å². The summed E-state index contributed by atoms with van der Waals surface area (Å²) >= 11 is 0. The van der Waals surface area contributed by atoms with Crippen molar-refractivity contribution >= 4 is 11.9 Å². The lowest BCUT2D eigenvalue weighted by Crippen LogP contribution is -2.31. The molecular formula is C20H21NO7. The number of methoxy groups -OCH3 is 2. The summed E-state index contributed by atoms with van der Waals surface area (Å²) in [5.74, 6) is 1.07. The van der Waals surface area contributed by atoms with Gasteiger partial charge in [-0.25, -0.2) is 4.79 Å². The van der Waals surface area contributed by atoms with Gasteiger partial charge in [0.25, 0.3) is 5.91 Å². The third-order valence-corrected chi connectivity index (χ3v) is 4.24. The highest BCUT2D eigenvalue weighted by Gasteiger charge is 2.19. The standard InChI is InChI=1S/C20H21NO7/c1-12(13-4-7-16-18(8-13)28-11-27-16)21-19(22)10-26-20(23)15-6-5-14(24-2)9-17(15)25-3/h4-9,12H,10-11H2,1-3H3,(H,21,22). The SMILES string of the molecule is COc1ccc(C(=O)OCC(=O)NC(C)c2ccc3c(c2)OCO3)c(OC)c1. The molecule has 3 rings (SSSR count). The molecule has 1 aliphatic rings. The Morgan fingerprint density at radius 3 is 2.61 bits per heavy atom. The van der Waals surface area contributed by atoms with Gasteiger partial charge in [0.1, 0.15) is 17.1 Å². The molecule has 1 N–H and O–H groups in total. The monoisotopic (exact) mass is 387 g/mol. The smallest absolute Gasteiger partial charge is 0.342 e.